The van der Waals surface area contributed by atoms with Crippen molar-refractivity contribution >= 4 is 11.4 Å². The Hall–Kier alpha value is -1.29. The largest absolute Gasteiger partial charge is 0.382 e. The van der Waals surface area contributed by atoms with Crippen molar-refractivity contribution in [3.63, 3.8) is 0 Å². The summed E-state index contributed by atoms with van der Waals surface area (Å²) in [5.41, 5.74) is 2.33. The summed E-state index contributed by atoms with van der Waals surface area (Å²) in [6.45, 7) is 3.33. The van der Waals surface area contributed by atoms with E-state index in [0.717, 1.165) is 24.7 Å². The van der Waals surface area contributed by atoms with Crippen molar-refractivity contribution in [2.24, 2.45) is 5.92 Å². The molecule has 0 radical (unpaired) electrons. The molecule has 0 bridgehead atoms. The number of hydrogen-bond donors (Lipinski definition) is 2. The number of rotatable bonds is 4. The monoisotopic (exact) mass is 234 g/mol. The molecule has 4 heteroatoms. The normalized spacial score (nSPS) is 20.0. The number of piperidine rings is 1. The van der Waals surface area contributed by atoms with Crippen molar-refractivity contribution in [3.8, 4) is 0 Å². The van der Waals surface area contributed by atoms with Gasteiger partial charge in [0.25, 0.3) is 0 Å². The summed E-state index contributed by atoms with van der Waals surface area (Å²) in [6, 6.07) is 2.04. The Morgan fingerprint density at radius 2 is 2.41 bits per heavy atom. The molecule has 1 aliphatic heterocycles. The van der Waals surface area contributed by atoms with E-state index in [1.807, 2.05) is 18.5 Å². The van der Waals surface area contributed by atoms with Gasteiger partial charge in [-0.05, 0) is 37.9 Å². The van der Waals surface area contributed by atoms with Crippen molar-refractivity contribution in [1.29, 1.82) is 0 Å². The van der Waals surface area contributed by atoms with Gasteiger partial charge in [-0.2, -0.15) is 0 Å². The highest BCUT2D eigenvalue weighted by Crippen LogP contribution is 2.23. The van der Waals surface area contributed by atoms with Gasteiger partial charge in [0.1, 0.15) is 0 Å². The Kier molecular flexibility index (Phi) is 4.20. The Morgan fingerprint density at radius 1 is 1.53 bits per heavy atom. The van der Waals surface area contributed by atoms with E-state index < -0.39 is 0 Å². The van der Waals surface area contributed by atoms with Crippen molar-refractivity contribution in [1.82, 2.24) is 10.3 Å². The molecular weight excluding hydrogens is 212 g/mol. The van der Waals surface area contributed by atoms with Crippen LogP contribution in [0.3, 0.4) is 0 Å². The molecule has 2 rings (SSSR count). The fraction of sp³-hybridized carbons (Fsp3) is 0.615. The van der Waals surface area contributed by atoms with Gasteiger partial charge in [-0.3, -0.25) is 4.98 Å². The summed E-state index contributed by atoms with van der Waals surface area (Å²) >= 11 is 0. The van der Waals surface area contributed by atoms with Crippen LogP contribution in [-0.2, 0) is 0 Å². The molecule has 1 aliphatic rings. The van der Waals surface area contributed by atoms with Crippen molar-refractivity contribution in [2.75, 3.05) is 43.9 Å². The first-order valence-corrected chi connectivity index (χ1v) is 6.33. The van der Waals surface area contributed by atoms with Crippen LogP contribution in [0.5, 0.6) is 0 Å². The lowest BCUT2D eigenvalue weighted by Gasteiger charge is -2.24. The maximum absolute atomic E-state index is 4.19. The average molecular weight is 234 g/mol. The van der Waals surface area contributed by atoms with Gasteiger partial charge >= 0.3 is 0 Å². The van der Waals surface area contributed by atoms with Crippen LogP contribution >= 0.6 is 0 Å². The number of pyridine rings is 1. The zero-order valence-electron chi connectivity index (χ0n) is 10.7. The zero-order valence-corrected chi connectivity index (χ0v) is 10.7. The first kappa shape index (κ1) is 12.2. The molecule has 4 nitrogen and oxygen atoms in total. The number of nitrogens with one attached hydrogen (secondary N) is 2. The lowest BCUT2D eigenvalue weighted by molar-refractivity contribution is 0.393. The van der Waals surface area contributed by atoms with Crippen LogP contribution in [0, 0.1) is 5.92 Å². The van der Waals surface area contributed by atoms with E-state index in [2.05, 4.69) is 34.6 Å². The molecule has 2 N–H and O–H groups in total. The smallest absolute Gasteiger partial charge is 0.0764 e. The highest BCUT2D eigenvalue weighted by molar-refractivity contribution is 5.68. The van der Waals surface area contributed by atoms with Gasteiger partial charge in [0, 0.05) is 26.8 Å². The van der Waals surface area contributed by atoms with Gasteiger partial charge in [-0.15, -0.1) is 0 Å². The molecule has 0 aliphatic carbocycles. The van der Waals surface area contributed by atoms with Gasteiger partial charge in [-0.25, -0.2) is 0 Å². The molecule has 1 atom stereocenters. The summed E-state index contributed by atoms with van der Waals surface area (Å²) < 4.78 is 0. The van der Waals surface area contributed by atoms with Crippen molar-refractivity contribution in [2.45, 2.75) is 12.8 Å². The fourth-order valence-electron chi connectivity index (χ4n) is 2.27. The molecule has 94 valence electrons. The molecule has 0 amide bonds. The highest BCUT2D eigenvalue weighted by atomic mass is 15.1. The third kappa shape index (κ3) is 3.33. The second-order valence-corrected chi connectivity index (χ2v) is 4.88. The quantitative estimate of drug-likeness (QED) is 0.829. The minimum atomic E-state index is 0.735. The van der Waals surface area contributed by atoms with Gasteiger partial charge in [0.15, 0.2) is 0 Å². The van der Waals surface area contributed by atoms with E-state index in [1.165, 1.54) is 25.1 Å². The first-order chi connectivity index (χ1) is 8.27. The summed E-state index contributed by atoms with van der Waals surface area (Å²) in [6.07, 6.45) is 6.35. The molecule has 2 heterocycles. The number of hydrogen-bond acceptors (Lipinski definition) is 4. The second kappa shape index (κ2) is 5.87. The topological polar surface area (TPSA) is 40.2 Å². The summed E-state index contributed by atoms with van der Waals surface area (Å²) in [5.74, 6) is 0.735. The summed E-state index contributed by atoms with van der Waals surface area (Å²) in [5, 5.41) is 6.96. The molecule has 1 unspecified atom stereocenters. The number of anilines is 2. The van der Waals surface area contributed by atoms with Crippen LogP contribution in [0.25, 0.3) is 0 Å². The average Bonchev–Trinajstić information content (AvgIpc) is 2.38. The highest BCUT2D eigenvalue weighted by Gasteiger charge is 2.13. The summed E-state index contributed by atoms with van der Waals surface area (Å²) in [4.78, 5) is 6.30. The third-order valence-corrected chi connectivity index (χ3v) is 3.26. The Balaban J connectivity index is 1.93. The predicted octanol–water partition coefficient (Wildman–Crippen LogP) is 1.56. The van der Waals surface area contributed by atoms with E-state index in [1.54, 1.807) is 0 Å². The molecule has 1 aromatic rings. The van der Waals surface area contributed by atoms with Crippen LogP contribution in [0.2, 0.25) is 0 Å². The molecule has 0 spiro atoms. The van der Waals surface area contributed by atoms with Crippen LogP contribution < -0.4 is 15.5 Å². The molecule has 1 fully saturated rings. The molecule has 1 saturated heterocycles. The molecular formula is C13H22N4. The van der Waals surface area contributed by atoms with Crippen LogP contribution in [0.15, 0.2) is 18.5 Å². The van der Waals surface area contributed by atoms with Crippen molar-refractivity contribution in [3.05, 3.63) is 18.5 Å². The van der Waals surface area contributed by atoms with Gasteiger partial charge in [0.05, 0.1) is 17.6 Å². The van der Waals surface area contributed by atoms with E-state index >= 15 is 0 Å². The lowest BCUT2D eigenvalue weighted by atomic mass is 10.00. The second-order valence-electron chi connectivity index (χ2n) is 4.88. The Labute approximate surface area is 103 Å². The number of nitrogens with zero attached hydrogens (tertiary/aromatic N) is 2. The molecule has 17 heavy (non-hydrogen) atoms. The first-order valence-electron chi connectivity index (χ1n) is 6.33. The van der Waals surface area contributed by atoms with Crippen LogP contribution in [0.1, 0.15) is 12.8 Å². The number of aromatic nitrogens is 1. The third-order valence-electron chi connectivity index (χ3n) is 3.26. The minimum Gasteiger partial charge on any atom is -0.382 e. The SMILES string of the molecule is CN(C)c1ccncc1NCC1CCCNC1. The fourth-order valence-corrected chi connectivity index (χ4v) is 2.27. The Morgan fingerprint density at radius 3 is 3.12 bits per heavy atom. The van der Waals surface area contributed by atoms with Gasteiger partial charge in [0.2, 0.25) is 0 Å². The zero-order chi connectivity index (χ0) is 12.1. The van der Waals surface area contributed by atoms with Gasteiger partial charge in [-0.1, -0.05) is 0 Å². The lowest BCUT2D eigenvalue weighted by Crippen LogP contribution is -2.33. The maximum atomic E-state index is 4.19. The van der Waals surface area contributed by atoms with Gasteiger partial charge < -0.3 is 15.5 Å². The predicted molar refractivity (Wildman–Crippen MR) is 72.6 cm³/mol. The summed E-state index contributed by atoms with van der Waals surface area (Å²) in [7, 11) is 4.12. The van der Waals surface area contributed by atoms with E-state index in [0.29, 0.717) is 0 Å². The van der Waals surface area contributed by atoms with Crippen molar-refractivity contribution < 1.29 is 0 Å². The van der Waals surface area contributed by atoms with Crippen LogP contribution in [0.4, 0.5) is 11.4 Å². The standard InChI is InChI=1S/C13H22N4/c1-17(2)13-5-7-15-10-12(13)16-9-11-4-3-6-14-8-11/h5,7,10-11,14,16H,3-4,6,8-9H2,1-2H3. The Bertz CT molecular complexity index is 345. The molecule has 1 aromatic heterocycles. The van der Waals surface area contributed by atoms with E-state index in [4.69, 9.17) is 0 Å². The van der Waals surface area contributed by atoms with E-state index in [9.17, 15) is 0 Å². The minimum absolute atomic E-state index is 0.735. The van der Waals surface area contributed by atoms with E-state index in [-0.39, 0.29) is 0 Å². The molecule has 0 saturated carbocycles. The maximum Gasteiger partial charge on any atom is 0.0764 e. The molecule has 0 aromatic carbocycles. The van der Waals surface area contributed by atoms with Crippen LogP contribution in [-0.4, -0.2) is 38.7 Å².